The summed E-state index contributed by atoms with van der Waals surface area (Å²) in [5.74, 6) is 1.82. The Labute approximate surface area is 150 Å². The van der Waals surface area contributed by atoms with Gasteiger partial charge < -0.3 is 15.4 Å². The van der Waals surface area contributed by atoms with E-state index in [-0.39, 0.29) is 0 Å². The lowest BCUT2D eigenvalue weighted by Crippen LogP contribution is -2.38. The molecule has 0 bridgehead atoms. The van der Waals surface area contributed by atoms with E-state index in [0.29, 0.717) is 6.61 Å². The van der Waals surface area contributed by atoms with Crippen molar-refractivity contribution in [1.82, 2.24) is 20.4 Å². The van der Waals surface area contributed by atoms with E-state index in [4.69, 9.17) is 4.74 Å². The van der Waals surface area contributed by atoms with Gasteiger partial charge in [-0.3, -0.25) is 9.67 Å². The van der Waals surface area contributed by atoms with Crippen LogP contribution in [0.3, 0.4) is 0 Å². The van der Waals surface area contributed by atoms with E-state index < -0.39 is 0 Å². The topological polar surface area (TPSA) is 63.5 Å². The lowest BCUT2D eigenvalue weighted by atomic mass is 10.1. The summed E-state index contributed by atoms with van der Waals surface area (Å²) in [6.07, 6.45) is 5.64. The smallest absolute Gasteiger partial charge is 0.191 e. The highest BCUT2D eigenvalue weighted by atomic mass is 16.5. The highest BCUT2D eigenvalue weighted by Gasteiger charge is 2.03. The summed E-state index contributed by atoms with van der Waals surface area (Å²) in [6.45, 7) is 8.09. The molecule has 136 valence electrons. The number of rotatable bonds is 10. The molecule has 0 fully saturated rings. The Kier molecular flexibility index (Phi) is 8.38. The highest BCUT2D eigenvalue weighted by molar-refractivity contribution is 5.79. The van der Waals surface area contributed by atoms with Crippen LogP contribution in [0.5, 0.6) is 5.75 Å². The first kappa shape index (κ1) is 18.8. The lowest BCUT2D eigenvalue weighted by molar-refractivity contribution is 0.336. The van der Waals surface area contributed by atoms with Crippen LogP contribution in [-0.2, 0) is 13.0 Å². The number of benzene rings is 1. The van der Waals surface area contributed by atoms with Crippen molar-refractivity contribution in [2.75, 3.05) is 26.2 Å². The molecule has 0 aliphatic carbocycles. The van der Waals surface area contributed by atoms with Gasteiger partial charge in [-0.2, -0.15) is 5.10 Å². The van der Waals surface area contributed by atoms with Crippen LogP contribution in [0, 0.1) is 0 Å². The second-order valence-corrected chi connectivity index (χ2v) is 5.60. The number of aryl methyl sites for hydroxylation is 1. The average molecular weight is 343 g/mol. The Morgan fingerprint density at radius 3 is 2.84 bits per heavy atom. The van der Waals surface area contributed by atoms with Gasteiger partial charge in [-0.25, -0.2) is 0 Å². The van der Waals surface area contributed by atoms with Crippen LogP contribution < -0.4 is 15.4 Å². The second kappa shape index (κ2) is 11.1. The summed E-state index contributed by atoms with van der Waals surface area (Å²) in [7, 11) is 0. The molecular weight excluding hydrogens is 314 g/mol. The Bertz CT molecular complexity index is 625. The zero-order valence-corrected chi connectivity index (χ0v) is 15.2. The number of nitrogens with one attached hydrogen (secondary N) is 2. The van der Waals surface area contributed by atoms with Crippen LogP contribution in [0.4, 0.5) is 0 Å². The number of nitrogens with zero attached hydrogens (tertiary/aromatic N) is 3. The summed E-state index contributed by atoms with van der Waals surface area (Å²) in [5.41, 5.74) is 1.21. The predicted molar refractivity (Wildman–Crippen MR) is 102 cm³/mol. The van der Waals surface area contributed by atoms with Crippen molar-refractivity contribution >= 4 is 5.96 Å². The van der Waals surface area contributed by atoms with Crippen molar-refractivity contribution in [1.29, 1.82) is 0 Å². The summed E-state index contributed by atoms with van der Waals surface area (Å²) >= 11 is 0. The average Bonchev–Trinajstić information content (AvgIpc) is 3.14. The van der Waals surface area contributed by atoms with Gasteiger partial charge >= 0.3 is 0 Å². The van der Waals surface area contributed by atoms with Gasteiger partial charge in [0.1, 0.15) is 5.75 Å². The number of hydrogen-bond acceptors (Lipinski definition) is 3. The normalized spacial score (nSPS) is 11.4. The molecule has 2 aromatic rings. The Morgan fingerprint density at radius 2 is 2.08 bits per heavy atom. The van der Waals surface area contributed by atoms with Gasteiger partial charge in [0.15, 0.2) is 5.96 Å². The van der Waals surface area contributed by atoms with Crippen LogP contribution in [0.15, 0.2) is 47.7 Å². The molecule has 0 aliphatic heterocycles. The minimum atomic E-state index is 0.685. The van der Waals surface area contributed by atoms with Crippen LogP contribution in [0.25, 0.3) is 0 Å². The molecule has 0 saturated carbocycles. The molecule has 0 aliphatic rings. The van der Waals surface area contributed by atoms with Gasteiger partial charge in [-0.1, -0.05) is 18.2 Å². The minimum Gasteiger partial charge on any atom is -0.494 e. The maximum Gasteiger partial charge on any atom is 0.191 e. The van der Waals surface area contributed by atoms with Gasteiger partial charge in [0, 0.05) is 38.6 Å². The third-order valence-corrected chi connectivity index (χ3v) is 3.68. The number of para-hydroxylation sites is 1. The lowest BCUT2D eigenvalue weighted by Gasteiger charge is -2.13. The standard InChI is InChI=1S/C19H29N5O/c1-3-20-19(21-12-7-15-24-16-8-13-23-24)22-14-11-17-9-5-6-10-18(17)25-4-2/h5-6,8-10,13,16H,3-4,7,11-12,14-15H2,1-2H3,(H2,20,21,22). The molecule has 0 amide bonds. The SMILES string of the molecule is CCNC(=NCCCn1cccn1)NCCc1ccccc1OCC. The monoisotopic (exact) mass is 343 g/mol. The van der Waals surface area contributed by atoms with E-state index >= 15 is 0 Å². The summed E-state index contributed by atoms with van der Waals surface area (Å²) in [4.78, 5) is 4.62. The molecule has 2 N–H and O–H groups in total. The molecule has 0 spiro atoms. The summed E-state index contributed by atoms with van der Waals surface area (Å²) in [6, 6.07) is 10.1. The predicted octanol–water partition coefficient (Wildman–Crippen LogP) is 2.47. The minimum absolute atomic E-state index is 0.685. The van der Waals surface area contributed by atoms with Gasteiger partial charge in [0.05, 0.1) is 6.61 Å². The van der Waals surface area contributed by atoms with Crippen molar-refractivity contribution in [2.24, 2.45) is 4.99 Å². The molecule has 6 heteroatoms. The molecule has 6 nitrogen and oxygen atoms in total. The fourth-order valence-electron chi connectivity index (χ4n) is 2.52. The first-order chi connectivity index (χ1) is 12.3. The van der Waals surface area contributed by atoms with Crippen molar-refractivity contribution in [3.63, 3.8) is 0 Å². The maximum absolute atomic E-state index is 5.67. The molecule has 1 heterocycles. The Balaban J connectivity index is 1.77. The number of aromatic nitrogens is 2. The molecule has 1 aromatic carbocycles. The van der Waals surface area contributed by atoms with Crippen molar-refractivity contribution in [2.45, 2.75) is 33.2 Å². The van der Waals surface area contributed by atoms with E-state index in [1.807, 2.05) is 42.1 Å². The van der Waals surface area contributed by atoms with E-state index in [9.17, 15) is 0 Å². The van der Waals surface area contributed by atoms with Gasteiger partial charge in [0.2, 0.25) is 0 Å². The zero-order chi connectivity index (χ0) is 17.7. The first-order valence-electron chi connectivity index (χ1n) is 9.03. The summed E-state index contributed by atoms with van der Waals surface area (Å²) < 4.78 is 7.61. The van der Waals surface area contributed by atoms with Crippen molar-refractivity contribution in [3.8, 4) is 5.75 Å². The van der Waals surface area contributed by atoms with E-state index in [0.717, 1.165) is 50.7 Å². The van der Waals surface area contributed by atoms with Crippen molar-refractivity contribution in [3.05, 3.63) is 48.3 Å². The van der Waals surface area contributed by atoms with Crippen LogP contribution in [0.2, 0.25) is 0 Å². The molecule has 2 rings (SSSR count). The fraction of sp³-hybridized carbons (Fsp3) is 0.474. The maximum atomic E-state index is 5.67. The van der Waals surface area contributed by atoms with E-state index in [1.54, 1.807) is 6.20 Å². The van der Waals surface area contributed by atoms with Crippen LogP contribution in [0.1, 0.15) is 25.8 Å². The highest BCUT2D eigenvalue weighted by Crippen LogP contribution is 2.17. The molecule has 25 heavy (non-hydrogen) atoms. The molecule has 0 saturated heterocycles. The number of guanidine groups is 1. The third-order valence-electron chi connectivity index (χ3n) is 3.68. The second-order valence-electron chi connectivity index (χ2n) is 5.60. The third kappa shape index (κ3) is 6.87. The molecule has 0 radical (unpaired) electrons. The Hall–Kier alpha value is -2.50. The van der Waals surface area contributed by atoms with Crippen LogP contribution in [-0.4, -0.2) is 42.0 Å². The zero-order valence-electron chi connectivity index (χ0n) is 15.2. The Morgan fingerprint density at radius 1 is 1.20 bits per heavy atom. The molecule has 1 aromatic heterocycles. The molecular formula is C19H29N5O. The number of hydrogen-bond donors (Lipinski definition) is 2. The van der Waals surface area contributed by atoms with Crippen molar-refractivity contribution < 1.29 is 4.74 Å². The fourth-order valence-corrected chi connectivity index (χ4v) is 2.52. The van der Waals surface area contributed by atoms with Crippen LogP contribution >= 0.6 is 0 Å². The number of ether oxygens (including phenoxy) is 1. The van der Waals surface area contributed by atoms with Gasteiger partial charge in [-0.05, 0) is 44.4 Å². The molecule has 0 atom stereocenters. The quantitative estimate of drug-likeness (QED) is 0.395. The van der Waals surface area contributed by atoms with E-state index in [2.05, 4.69) is 33.7 Å². The first-order valence-corrected chi connectivity index (χ1v) is 9.03. The largest absolute Gasteiger partial charge is 0.494 e. The number of aliphatic imine (C=N–C) groups is 1. The van der Waals surface area contributed by atoms with Gasteiger partial charge in [-0.15, -0.1) is 0 Å². The van der Waals surface area contributed by atoms with E-state index in [1.165, 1.54) is 5.56 Å². The summed E-state index contributed by atoms with van der Waals surface area (Å²) in [5, 5.41) is 10.9. The molecule has 0 unspecified atom stereocenters. The van der Waals surface area contributed by atoms with Gasteiger partial charge in [0.25, 0.3) is 0 Å².